The summed E-state index contributed by atoms with van der Waals surface area (Å²) in [5.74, 6) is 7.58. The van der Waals surface area contributed by atoms with Crippen LogP contribution in [0.4, 0.5) is 0 Å². The van der Waals surface area contributed by atoms with Crippen LogP contribution >= 0.6 is 0 Å². The summed E-state index contributed by atoms with van der Waals surface area (Å²) in [6.07, 6.45) is 30.6. The van der Waals surface area contributed by atoms with Crippen LogP contribution in [0.15, 0.2) is 67.6 Å². The number of hydrazine groups is 8. The lowest BCUT2D eigenvalue weighted by atomic mass is 9.72. The first-order valence-electron chi connectivity index (χ1n) is 54.1. The van der Waals surface area contributed by atoms with E-state index in [4.69, 9.17) is 39.3 Å². The molecule has 0 amide bonds. The minimum atomic E-state index is -0.209. The third-order valence-electron chi connectivity index (χ3n) is 29.9. The molecule has 0 bridgehead atoms. The molecule has 138 heavy (non-hydrogen) atoms. The first kappa shape index (κ1) is 111. The largest absolute Gasteiger partial charge is 0.368 e. The van der Waals surface area contributed by atoms with Crippen molar-refractivity contribution in [2.24, 2.45) is 43.6 Å². The Balaban J connectivity index is 1.01. The van der Waals surface area contributed by atoms with Crippen molar-refractivity contribution >= 4 is 23.3 Å². The van der Waals surface area contributed by atoms with E-state index < -0.39 is 0 Å². The van der Waals surface area contributed by atoms with Gasteiger partial charge in [0.25, 0.3) is 0 Å². The molecule has 0 radical (unpaired) electrons. The second kappa shape index (κ2) is 43.0. The molecule has 790 valence electrons. The summed E-state index contributed by atoms with van der Waals surface area (Å²) in [4.78, 5) is 57.4. The number of aliphatic imine (C=N–C) groups is 4. The maximum absolute atomic E-state index is 7.41. The average molecular weight is 1930 g/mol. The predicted molar refractivity (Wildman–Crippen MR) is 566 cm³/mol. The van der Waals surface area contributed by atoms with Crippen LogP contribution in [-0.2, 0) is 19.4 Å². The van der Waals surface area contributed by atoms with Gasteiger partial charge < -0.3 is 63.0 Å². The van der Waals surface area contributed by atoms with E-state index in [1.807, 2.05) is 0 Å². The van der Waals surface area contributed by atoms with Gasteiger partial charge >= 0.3 is 0 Å². The molecule has 0 aromatic heterocycles. The van der Waals surface area contributed by atoms with Gasteiger partial charge in [0.2, 0.25) is 0 Å². The minimum absolute atomic E-state index is 0.0121. The van der Waals surface area contributed by atoms with Gasteiger partial charge in [-0.2, -0.15) is 0 Å². The number of hydrogen-bond donors (Lipinski definition) is 18. The number of hydrogen-bond acceptors (Lipinski definition) is 28. The molecular formula is C106H202N28O4. The van der Waals surface area contributed by atoms with E-state index in [0.29, 0.717) is 74.6 Å². The molecule has 12 rings (SSSR count). The van der Waals surface area contributed by atoms with Crippen LogP contribution in [0.1, 0.15) is 403 Å². The SMILES string of the molecule is CCCC(N=C1C=C(N(CCN=C2C=C(NC(CCC)C3CC(C)(C)NC(C)(C)C3)NN(OC3CC(C)(C)NC(C)(C)C3)N2)CCN(CCN=C2C=C(NC(CCC)C3CC(C)(C)NC(C)(C)C3)NN(OC3CC(C)(C)NC(C)(C)C3)N2)C2=CC(=NC(CCC)C3CC(C)(C)NC(C)(C)C3)NN(OC3CC(C)(C)NC(C)(C)C3)N2)NN(OC2CC(C)(C)NC(C)(C)C2)N1)C1CC(C)(C)NC(C)(C)C1. The fourth-order valence-electron chi connectivity index (χ4n) is 28.4. The third kappa shape index (κ3) is 33.6. The Bertz CT molecular complexity index is 3900. The molecule has 8 saturated heterocycles. The quantitative estimate of drug-likeness (QED) is 0.0275. The molecule has 0 aliphatic carbocycles. The van der Waals surface area contributed by atoms with Crippen molar-refractivity contribution < 1.29 is 19.4 Å². The monoisotopic (exact) mass is 1930 g/mol. The van der Waals surface area contributed by atoms with Gasteiger partial charge in [0.05, 0.1) is 49.6 Å². The maximum atomic E-state index is 7.41. The van der Waals surface area contributed by atoms with Crippen LogP contribution in [0, 0.1) is 23.7 Å². The van der Waals surface area contributed by atoms with Gasteiger partial charge in [0.15, 0.2) is 0 Å². The molecule has 12 heterocycles. The Morgan fingerprint density at radius 3 is 0.732 bits per heavy atom. The van der Waals surface area contributed by atoms with Crippen LogP contribution in [0.5, 0.6) is 0 Å². The van der Waals surface area contributed by atoms with Crippen LogP contribution < -0.4 is 96.6 Å². The molecule has 4 unspecified atom stereocenters. The summed E-state index contributed by atoms with van der Waals surface area (Å²) in [6, 6.07) is 0.373. The zero-order valence-corrected chi connectivity index (χ0v) is 93.6. The second-order valence-corrected chi connectivity index (χ2v) is 54.9. The second-order valence-electron chi connectivity index (χ2n) is 54.9. The molecule has 0 aromatic rings. The molecule has 12 aliphatic rings. The lowest BCUT2D eigenvalue weighted by Gasteiger charge is -2.49. The average Bonchev–Trinajstić information content (AvgIpc) is 0.637. The lowest BCUT2D eigenvalue weighted by Crippen LogP contribution is -2.64. The fraction of sp³-hybridized carbons (Fsp3) is 0.887. The van der Waals surface area contributed by atoms with Crippen LogP contribution in [0.2, 0.25) is 0 Å². The summed E-state index contributed by atoms with van der Waals surface area (Å²) < 4.78 is 0. The number of nitrogens with one attached hydrogen (secondary N) is 18. The molecule has 32 nitrogen and oxygen atoms in total. The molecule has 0 saturated carbocycles. The molecule has 8 fully saturated rings. The van der Waals surface area contributed by atoms with Gasteiger partial charge in [-0.1, -0.05) is 53.4 Å². The molecule has 0 aromatic carbocycles. The Labute approximate surface area is 836 Å². The summed E-state index contributed by atoms with van der Waals surface area (Å²) >= 11 is 0. The Morgan fingerprint density at radius 1 is 0.275 bits per heavy atom. The van der Waals surface area contributed by atoms with Crippen molar-refractivity contribution in [1.29, 1.82) is 0 Å². The van der Waals surface area contributed by atoms with Crippen molar-refractivity contribution in [3.8, 4) is 0 Å². The summed E-state index contributed by atoms with van der Waals surface area (Å²) in [7, 11) is 0. The normalized spacial score (nSPS) is 29.3. The lowest BCUT2D eigenvalue weighted by molar-refractivity contribution is -0.263. The van der Waals surface area contributed by atoms with Gasteiger partial charge in [0.1, 0.15) is 46.6 Å². The van der Waals surface area contributed by atoms with Crippen molar-refractivity contribution in [3.05, 3.63) is 47.6 Å². The zero-order chi connectivity index (χ0) is 101. The highest BCUT2D eigenvalue weighted by molar-refractivity contribution is 5.95. The van der Waals surface area contributed by atoms with E-state index in [-0.39, 0.29) is 137 Å². The smallest absolute Gasteiger partial charge is 0.142 e. The molecule has 32 heteroatoms. The van der Waals surface area contributed by atoms with E-state index >= 15 is 0 Å². The predicted octanol–water partition coefficient (Wildman–Crippen LogP) is 14.9. The fourth-order valence-corrected chi connectivity index (χ4v) is 28.4. The molecule has 4 atom stereocenters. The Kier molecular flexibility index (Phi) is 34.7. The summed E-state index contributed by atoms with van der Waals surface area (Å²) in [5.41, 5.74) is 28.2. The van der Waals surface area contributed by atoms with E-state index in [2.05, 4.69) is 380 Å². The standard InChI is InChI=1S/C106H202N28O4/c1-37-41-79(71-55-91(5,6)121-92(7,8)56-71)109-85-51-83(113-131(115-85)135-75-63-99(21,22)125-100(23,24)64-75)107-45-47-129(89-53-87(111-81(43-39-3)73-59-95(13,14)123-96(15,16)60-73)117-133(119-89)137-77-67-103(29,30)127-104(31,32)68-77)49-50-130(90-54-88(112-82(44-40-4)74-61-97(17,18)124-98(19,20)62-74)118-134(120-90)138-78-69-105(33,34)128-106(35,36)70-78)48-46-108-84-52-86(110-80(42-38-2)72-57-93(9,10)122-94(11,12)58-72)116-132(114-84)136-76-65-101(25,26)126-102(27,28)66-76/h51-54,71-82,109-110,115-116,119-128H,37-50,55-70H2,1-36H3,(H,107,113)(H,108,114)(H,111,117)(H,112,118). The first-order chi connectivity index (χ1) is 63.6. The van der Waals surface area contributed by atoms with Gasteiger partial charge in [-0.25, -0.2) is 0 Å². The van der Waals surface area contributed by atoms with Gasteiger partial charge in [-0.05, 0) is 395 Å². The number of piperidine rings is 8. The number of rotatable bonds is 37. The Morgan fingerprint density at radius 2 is 0.493 bits per heavy atom. The molecule has 0 spiro atoms. The van der Waals surface area contributed by atoms with Gasteiger partial charge in [-0.3, -0.25) is 82.7 Å². The van der Waals surface area contributed by atoms with Gasteiger partial charge in [-0.15, -0.1) is 0 Å². The van der Waals surface area contributed by atoms with E-state index in [0.717, 1.165) is 189 Å². The highest BCUT2D eigenvalue weighted by Gasteiger charge is 2.50. The van der Waals surface area contributed by atoms with Crippen molar-refractivity contribution in [2.75, 3.05) is 39.3 Å². The van der Waals surface area contributed by atoms with Crippen molar-refractivity contribution in [2.45, 2.75) is 541 Å². The highest BCUT2D eigenvalue weighted by Crippen LogP contribution is 2.44. The minimum Gasteiger partial charge on any atom is -0.368 e. The molecule has 18 N–H and O–H groups in total. The zero-order valence-electron chi connectivity index (χ0n) is 93.6. The number of amidine groups is 4. The van der Waals surface area contributed by atoms with Crippen molar-refractivity contribution in [3.63, 3.8) is 0 Å². The van der Waals surface area contributed by atoms with E-state index in [1.54, 1.807) is 21.1 Å². The molecular weight excluding hydrogens is 1730 g/mol. The molecule has 12 aliphatic heterocycles. The maximum Gasteiger partial charge on any atom is 0.142 e. The Hall–Kier alpha value is -5.40. The topological polar surface area (TPSA) is 322 Å². The summed E-state index contributed by atoms with van der Waals surface area (Å²) in [6.45, 7) is 86.2. The highest BCUT2D eigenvalue weighted by atomic mass is 16.8. The van der Waals surface area contributed by atoms with E-state index in [9.17, 15) is 0 Å². The van der Waals surface area contributed by atoms with Crippen LogP contribution in [0.3, 0.4) is 0 Å². The first-order valence-corrected chi connectivity index (χ1v) is 54.1. The van der Waals surface area contributed by atoms with Crippen LogP contribution in [0.25, 0.3) is 0 Å². The van der Waals surface area contributed by atoms with Crippen molar-refractivity contribution in [1.82, 2.24) is 127 Å². The summed E-state index contributed by atoms with van der Waals surface area (Å²) in [5, 5.41) is 47.0. The number of nitrogens with zero attached hydrogens (tertiary/aromatic N) is 10. The van der Waals surface area contributed by atoms with Gasteiger partial charge in [0, 0.05) is 151 Å². The van der Waals surface area contributed by atoms with Crippen LogP contribution in [-0.4, -0.2) is 231 Å². The third-order valence-corrected chi connectivity index (χ3v) is 29.9. The van der Waals surface area contributed by atoms with E-state index in [1.165, 1.54) is 0 Å².